The van der Waals surface area contributed by atoms with Gasteiger partial charge in [0.2, 0.25) is 5.91 Å². The highest BCUT2D eigenvalue weighted by molar-refractivity contribution is 8.05. The Bertz CT molecular complexity index is 920. The molecule has 2 N–H and O–H groups in total. The second-order valence-electron chi connectivity index (χ2n) is 5.60. The lowest BCUT2D eigenvalue weighted by molar-refractivity contribution is -0.117. The van der Waals surface area contributed by atoms with Gasteiger partial charge in [-0.3, -0.25) is 14.5 Å². The Morgan fingerprint density at radius 3 is 2.42 bits per heavy atom. The molecule has 2 aromatic carbocycles. The molecule has 1 aliphatic rings. The van der Waals surface area contributed by atoms with Crippen molar-refractivity contribution in [2.75, 3.05) is 4.90 Å². The lowest BCUT2D eigenvalue weighted by Crippen LogP contribution is -2.30. The Morgan fingerprint density at radius 2 is 1.85 bits per heavy atom. The van der Waals surface area contributed by atoms with Crippen LogP contribution >= 0.6 is 23.4 Å². The quantitative estimate of drug-likeness (QED) is 0.648. The predicted octanol–water partition coefficient (Wildman–Crippen LogP) is 3.25. The van der Waals surface area contributed by atoms with Gasteiger partial charge in [-0.2, -0.15) is 5.26 Å². The molecule has 5 nitrogen and oxygen atoms in total. The summed E-state index contributed by atoms with van der Waals surface area (Å²) in [5.41, 5.74) is 6.65. The average molecular weight is 384 g/mol. The Hall–Kier alpha value is -2.75. The molecular weight excluding hydrogens is 370 g/mol. The van der Waals surface area contributed by atoms with E-state index in [4.69, 9.17) is 17.3 Å². The number of nitriles is 1. The molecule has 1 saturated heterocycles. The van der Waals surface area contributed by atoms with Crippen LogP contribution in [-0.4, -0.2) is 17.1 Å². The van der Waals surface area contributed by atoms with E-state index in [1.54, 1.807) is 36.4 Å². The molecule has 0 spiro atoms. The molecule has 26 heavy (non-hydrogen) atoms. The zero-order chi connectivity index (χ0) is 18.7. The number of halogens is 1. The summed E-state index contributed by atoms with van der Waals surface area (Å²) < 4.78 is 0. The molecule has 2 aromatic rings. The standard InChI is InChI=1S/C19H14ClN3O2S/c20-13-8-6-12(7-9-13)10-16-18(25)23(14-4-2-1-3-5-14)19(26-16)15(11-21)17(22)24/h1-9,16H,10H2,(H2,22,24)/b19-15+/t16-/m1/s1. The van der Waals surface area contributed by atoms with Crippen LogP contribution in [0.2, 0.25) is 5.02 Å². The average Bonchev–Trinajstić information content (AvgIpc) is 2.94. The third-order valence-electron chi connectivity index (χ3n) is 3.87. The number of primary amides is 1. The van der Waals surface area contributed by atoms with Gasteiger partial charge in [-0.15, -0.1) is 0 Å². The Balaban J connectivity index is 2.00. The summed E-state index contributed by atoms with van der Waals surface area (Å²) in [6.07, 6.45) is 0.449. The fourth-order valence-corrected chi connectivity index (χ4v) is 4.09. The van der Waals surface area contributed by atoms with Crippen molar-refractivity contribution in [2.45, 2.75) is 11.7 Å². The zero-order valence-corrected chi connectivity index (χ0v) is 15.1. The fraction of sp³-hybridized carbons (Fsp3) is 0.105. The van der Waals surface area contributed by atoms with Crippen molar-refractivity contribution in [1.29, 1.82) is 5.26 Å². The normalized spacial score (nSPS) is 18.5. The number of nitrogens with zero attached hydrogens (tertiary/aromatic N) is 2. The van der Waals surface area contributed by atoms with Crippen LogP contribution in [0.25, 0.3) is 0 Å². The first-order valence-electron chi connectivity index (χ1n) is 7.75. The molecule has 1 fully saturated rings. The van der Waals surface area contributed by atoms with Gasteiger partial charge in [0.1, 0.15) is 16.7 Å². The van der Waals surface area contributed by atoms with Crippen molar-refractivity contribution in [1.82, 2.24) is 0 Å². The van der Waals surface area contributed by atoms with E-state index in [-0.39, 0.29) is 16.5 Å². The molecule has 1 heterocycles. The molecule has 2 amide bonds. The molecule has 1 aliphatic heterocycles. The Kier molecular flexibility index (Phi) is 5.31. The maximum absolute atomic E-state index is 13.0. The molecule has 0 unspecified atom stereocenters. The van der Waals surface area contributed by atoms with E-state index >= 15 is 0 Å². The van der Waals surface area contributed by atoms with Crippen molar-refractivity contribution in [3.63, 3.8) is 0 Å². The summed E-state index contributed by atoms with van der Waals surface area (Å²) in [5, 5.41) is 9.77. The summed E-state index contributed by atoms with van der Waals surface area (Å²) in [6, 6.07) is 17.9. The maximum atomic E-state index is 13.0. The number of benzene rings is 2. The van der Waals surface area contributed by atoms with Gasteiger partial charge in [0.05, 0.1) is 5.25 Å². The van der Waals surface area contributed by atoms with Crippen LogP contribution in [0.15, 0.2) is 65.2 Å². The molecule has 1 atom stereocenters. The minimum Gasteiger partial charge on any atom is -0.365 e. The van der Waals surface area contributed by atoms with Gasteiger partial charge in [-0.1, -0.05) is 53.7 Å². The number of carbonyl (C=O) groups excluding carboxylic acids is 2. The zero-order valence-electron chi connectivity index (χ0n) is 13.6. The summed E-state index contributed by atoms with van der Waals surface area (Å²) in [5.74, 6) is -1.05. The monoisotopic (exact) mass is 383 g/mol. The van der Waals surface area contributed by atoms with Crippen molar-refractivity contribution in [2.24, 2.45) is 5.73 Å². The van der Waals surface area contributed by atoms with Crippen molar-refractivity contribution in [3.8, 4) is 6.07 Å². The predicted molar refractivity (Wildman–Crippen MR) is 102 cm³/mol. The lowest BCUT2D eigenvalue weighted by Gasteiger charge is -2.18. The van der Waals surface area contributed by atoms with Gasteiger partial charge < -0.3 is 5.73 Å². The lowest BCUT2D eigenvalue weighted by atomic mass is 10.1. The summed E-state index contributed by atoms with van der Waals surface area (Å²) in [4.78, 5) is 26.1. The van der Waals surface area contributed by atoms with Gasteiger partial charge in [0.25, 0.3) is 5.91 Å². The Labute approximate surface area is 160 Å². The summed E-state index contributed by atoms with van der Waals surface area (Å²) in [7, 11) is 0. The molecule has 0 aromatic heterocycles. The number of carbonyl (C=O) groups is 2. The van der Waals surface area contributed by atoms with Crippen LogP contribution in [0.1, 0.15) is 5.56 Å². The second-order valence-corrected chi connectivity index (χ2v) is 7.23. The van der Waals surface area contributed by atoms with E-state index in [1.165, 1.54) is 16.7 Å². The largest absolute Gasteiger partial charge is 0.365 e. The maximum Gasteiger partial charge on any atom is 0.262 e. The number of hydrogen-bond acceptors (Lipinski definition) is 4. The van der Waals surface area contributed by atoms with Crippen LogP contribution < -0.4 is 10.6 Å². The minimum absolute atomic E-state index is 0.194. The van der Waals surface area contributed by atoms with Gasteiger partial charge in [-0.25, -0.2) is 0 Å². The van der Waals surface area contributed by atoms with E-state index in [0.717, 1.165) is 5.56 Å². The summed E-state index contributed by atoms with van der Waals surface area (Å²) >= 11 is 7.08. The van der Waals surface area contributed by atoms with Crippen molar-refractivity contribution >= 4 is 40.9 Å². The van der Waals surface area contributed by atoms with E-state index in [0.29, 0.717) is 17.1 Å². The molecule has 0 radical (unpaired) electrons. The van der Waals surface area contributed by atoms with Gasteiger partial charge in [-0.05, 0) is 36.2 Å². The fourth-order valence-electron chi connectivity index (χ4n) is 2.65. The molecule has 0 saturated carbocycles. The molecular formula is C19H14ClN3O2S. The first-order chi connectivity index (χ1) is 12.5. The van der Waals surface area contributed by atoms with Gasteiger partial charge >= 0.3 is 0 Å². The molecule has 7 heteroatoms. The third-order valence-corrected chi connectivity index (χ3v) is 5.39. The number of nitrogens with two attached hydrogens (primary N) is 1. The van der Waals surface area contributed by atoms with E-state index in [1.807, 2.05) is 24.3 Å². The van der Waals surface area contributed by atoms with Crippen LogP contribution in [0, 0.1) is 11.3 Å². The number of para-hydroxylation sites is 1. The van der Waals surface area contributed by atoms with Crippen LogP contribution in [0.3, 0.4) is 0 Å². The first kappa shape index (κ1) is 18.1. The van der Waals surface area contributed by atoms with Crippen LogP contribution in [0.4, 0.5) is 5.69 Å². The minimum atomic E-state index is -0.851. The van der Waals surface area contributed by atoms with Gasteiger partial charge in [0, 0.05) is 10.7 Å². The van der Waals surface area contributed by atoms with E-state index in [9.17, 15) is 14.9 Å². The molecule has 130 valence electrons. The Morgan fingerprint density at radius 1 is 1.19 bits per heavy atom. The van der Waals surface area contributed by atoms with Gasteiger partial charge in [0.15, 0.2) is 0 Å². The van der Waals surface area contributed by atoms with Crippen LogP contribution in [0.5, 0.6) is 0 Å². The SMILES string of the molecule is N#C/C(C(N)=O)=C1\S[C@H](Cc2ccc(Cl)cc2)C(=O)N1c1ccccc1. The number of hydrogen-bond donors (Lipinski definition) is 1. The number of amides is 2. The highest BCUT2D eigenvalue weighted by atomic mass is 35.5. The first-order valence-corrected chi connectivity index (χ1v) is 9.01. The van der Waals surface area contributed by atoms with Crippen LogP contribution in [-0.2, 0) is 16.0 Å². The molecule has 0 aliphatic carbocycles. The third kappa shape index (κ3) is 3.59. The number of thioether (sulfide) groups is 1. The van der Waals surface area contributed by atoms with E-state index in [2.05, 4.69) is 0 Å². The van der Waals surface area contributed by atoms with Crippen molar-refractivity contribution < 1.29 is 9.59 Å². The summed E-state index contributed by atoms with van der Waals surface area (Å²) in [6.45, 7) is 0. The molecule has 0 bridgehead atoms. The second kappa shape index (κ2) is 7.65. The van der Waals surface area contributed by atoms with Crippen molar-refractivity contribution in [3.05, 3.63) is 75.8 Å². The number of anilines is 1. The highest BCUT2D eigenvalue weighted by Gasteiger charge is 2.40. The molecule has 3 rings (SSSR count). The smallest absolute Gasteiger partial charge is 0.262 e. The number of rotatable bonds is 4. The van der Waals surface area contributed by atoms with E-state index < -0.39 is 11.2 Å². The topological polar surface area (TPSA) is 87.2 Å². The highest BCUT2D eigenvalue weighted by Crippen LogP contribution is 2.41.